The van der Waals surface area contributed by atoms with Gasteiger partial charge in [-0.25, -0.2) is 4.79 Å². The Morgan fingerprint density at radius 1 is 1.03 bits per heavy atom. The van der Waals surface area contributed by atoms with Gasteiger partial charge in [0, 0.05) is 12.1 Å². The van der Waals surface area contributed by atoms with Gasteiger partial charge in [-0.05, 0) is 55.2 Å². The van der Waals surface area contributed by atoms with Gasteiger partial charge in [-0.15, -0.1) is 0 Å². The fourth-order valence-electron chi connectivity index (χ4n) is 3.83. The van der Waals surface area contributed by atoms with Crippen LogP contribution in [0.15, 0.2) is 48.5 Å². The van der Waals surface area contributed by atoms with Crippen LogP contribution in [0, 0.1) is 5.92 Å². The van der Waals surface area contributed by atoms with E-state index in [0.717, 1.165) is 0 Å². The van der Waals surface area contributed by atoms with Crippen LogP contribution in [0.4, 0.5) is 5.69 Å². The van der Waals surface area contributed by atoms with Gasteiger partial charge >= 0.3 is 5.97 Å². The van der Waals surface area contributed by atoms with E-state index in [1.54, 1.807) is 26.0 Å². The number of hydrogen-bond donors (Lipinski definition) is 4. The van der Waals surface area contributed by atoms with Gasteiger partial charge in [-0.3, -0.25) is 14.4 Å². The van der Waals surface area contributed by atoms with Crippen LogP contribution in [0.25, 0.3) is 0 Å². The number of benzene rings is 2. The number of phenols is 1. The number of nitrogens with one attached hydrogen (secondary N) is 2. The maximum Gasteiger partial charge on any atom is 0.337 e. The molecule has 2 aromatic carbocycles. The van der Waals surface area contributed by atoms with Crippen molar-refractivity contribution in [1.82, 2.24) is 10.2 Å². The largest absolute Gasteiger partial charge is 0.508 e. The minimum absolute atomic E-state index is 0.0263. The molecule has 0 spiro atoms. The first kappa shape index (κ1) is 23.8. The lowest BCUT2D eigenvalue weighted by molar-refractivity contribution is -0.139. The van der Waals surface area contributed by atoms with E-state index in [9.17, 15) is 29.4 Å². The highest BCUT2D eigenvalue weighted by Crippen LogP contribution is 2.23. The fourth-order valence-corrected chi connectivity index (χ4v) is 3.83. The third-order valence-electron chi connectivity index (χ3n) is 5.60. The molecule has 1 saturated heterocycles. The Morgan fingerprint density at radius 2 is 1.70 bits per heavy atom. The zero-order valence-electron chi connectivity index (χ0n) is 18.4. The average molecular weight is 453 g/mol. The Labute approximate surface area is 191 Å². The van der Waals surface area contributed by atoms with Crippen LogP contribution in [0.3, 0.4) is 0 Å². The third kappa shape index (κ3) is 5.49. The molecule has 0 saturated carbocycles. The van der Waals surface area contributed by atoms with Crippen LogP contribution in [-0.2, 0) is 9.59 Å². The average Bonchev–Trinajstić information content (AvgIpc) is 3.27. The van der Waals surface area contributed by atoms with Crippen molar-refractivity contribution in [2.75, 3.05) is 11.9 Å². The summed E-state index contributed by atoms with van der Waals surface area (Å²) in [5.41, 5.74) is 0.422. The van der Waals surface area contributed by atoms with Crippen molar-refractivity contribution < 1.29 is 29.4 Å². The summed E-state index contributed by atoms with van der Waals surface area (Å²) in [4.78, 5) is 51.8. The summed E-state index contributed by atoms with van der Waals surface area (Å²) in [6, 6.07) is 10.1. The van der Waals surface area contributed by atoms with Crippen LogP contribution in [-0.4, -0.2) is 57.4 Å². The lowest BCUT2D eigenvalue weighted by atomic mass is 10.0. The normalized spacial score (nSPS) is 16.3. The number of anilines is 1. The number of carboxylic acid groups (broad SMARTS) is 1. The second-order valence-electron chi connectivity index (χ2n) is 8.27. The van der Waals surface area contributed by atoms with E-state index >= 15 is 0 Å². The van der Waals surface area contributed by atoms with Crippen LogP contribution < -0.4 is 10.6 Å². The molecule has 1 aliphatic heterocycles. The lowest BCUT2D eigenvalue weighted by Crippen LogP contribution is -2.54. The first-order valence-corrected chi connectivity index (χ1v) is 10.7. The van der Waals surface area contributed by atoms with Crippen molar-refractivity contribution >= 4 is 29.4 Å². The first-order valence-electron chi connectivity index (χ1n) is 10.7. The number of para-hydroxylation sites is 1. The topological polar surface area (TPSA) is 136 Å². The zero-order chi connectivity index (χ0) is 24.1. The standard InChI is InChI=1S/C24H27N3O6/c1-14(2)20(26-21(29)15-9-11-16(28)12-10-15)23(31)27-13-5-8-19(27)22(30)25-18-7-4-3-6-17(18)24(32)33/h3-4,6-7,9-12,14,19-20,28H,5,8,13H2,1-2H3,(H,25,30)(H,26,29)(H,32,33). The lowest BCUT2D eigenvalue weighted by Gasteiger charge is -2.30. The molecular formula is C24H27N3O6. The van der Waals surface area contributed by atoms with Crippen LogP contribution in [0.2, 0.25) is 0 Å². The number of aromatic carboxylic acids is 1. The van der Waals surface area contributed by atoms with Gasteiger partial charge < -0.3 is 25.7 Å². The molecule has 1 heterocycles. The highest BCUT2D eigenvalue weighted by atomic mass is 16.4. The molecule has 3 amide bonds. The fraction of sp³-hybridized carbons (Fsp3) is 0.333. The number of amides is 3. The number of carbonyl (C=O) groups excluding carboxylic acids is 3. The van der Waals surface area contributed by atoms with E-state index in [2.05, 4.69) is 10.6 Å². The van der Waals surface area contributed by atoms with Crippen molar-refractivity contribution in [3.8, 4) is 5.75 Å². The van der Waals surface area contributed by atoms with Gasteiger partial charge in [0.1, 0.15) is 17.8 Å². The van der Waals surface area contributed by atoms with Crippen molar-refractivity contribution in [3.05, 3.63) is 59.7 Å². The van der Waals surface area contributed by atoms with Gasteiger partial charge in [-0.2, -0.15) is 0 Å². The number of rotatable bonds is 7. The minimum Gasteiger partial charge on any atom is -0.508 e. The number of phenolic OH excluding ortho intramolecular Hbond substituents is 1. The van der Waals surface area contributed by atoms with E-state index in [-0.39, 0.29) is 28.8 Å². The summed E-state index contributed by atoms with van der Waals surface area (Å²) in [7, 11) is 0. The zero-order valence-corrected chi connectivity index (χ0v) is 18.4. The Kier molecular flexibility index (Phi) is 7.32. The summed E-state index contributed by atoms with van der Waals surface area (Å²) in [6.45, 7) is 3.96. The van der Waals surface area contributed by atoms with Crippen LogP contribution >= 0.6 is 0 Å². The third-order valence-corrected chi connectivity index (χ3v) is 5.60. The maximum absolute atomic E-state index is 13.3. The summed E-state index contributed by atoms with van der Waals surface area (Å²) >= 11 is 0. The maximum atomic E-state index is 13.3. The molecule has 0 radical (unpaired) electrons. The van der Waals surface area contributed by atoms with Gasteiger partial charge in [0.05, 0.1) is 11.3 Å². The molecule has 3 rings (SSSR count). The van der Waals surface area contributed by atoms with E-state index in [0.29, 0.717) is 24.9 Å². The first-order chi connectivity index (χ1) is 15.7. The van der Waals surface area contributed by atoms with Crippen molar-refractivity contribution in [1.29, 1.82) is 0 Å². The molecule has 9 nitrogen and oxygen atoms in total. The SMILES string of the molecule is CC(C)C(NC(=O)c1ccc(O)cc1)C(=O)N1CCCC1C(=O)Nc1ccccc1C(=O)O. The van der Waals surface area contributed by atoms with Crippen LogP contribution in [0.5, 0.6) is 5.75 Å². The summed E-state index contributed by atoms with van der Waals surface area (Å²) < 4.78 is 0. The predicted molar refractivity (Wildman–Crippen MR) is 121 cm³/mol. The molecule has 9 heteroatoms. The Hall–Kier alpha value is -3.88. The second kappa shape index (κ2) is 10.2. The molecule has 33 heavy (non-hydrogen) atoms. The minimum atomic E-state index is -1.16. The molecule has 0 aromatic heterocycles. The van der Waals surface area contributed by atoms with Gasteiger partial charge in [0.15, 0.2) is 0 Å². The molecule has 4 N–H and O–H groups in total. The number of carboxylic acids is 1. The molecule has 2 unspecified atom stereocenters. The Morgan fingerprint density at radius 3 is 2.33 bits per heavy atom. The molecule has 0 bridgehead atoms. The van der Waals surface area contributed by atoms with E-state index in [1.807, 2.05) is 0 Å². The van der Waals surface area contributed by atoms with Crippen molar-refractivity contribution in [3.63, 3.8) is 0 Å². The van der Waals surface area contributed by atoms with Crippen LogP contribution in [0.1, 0.15) is 47.4 Å². The quantitative estimate of drug-likeness (QED) is 0.509. The van der Waals surface area contributed by atoms with Gasteiger partial charge in [0.2, 0.25) is 11.8 Å². The number of hydrogen-bond acceptors (Lipinski definition) is 5. The highest BCUT2D eigenvalue weighted by molar-refractivity contribution is 6.04. The molecule has 0 aliphatic carbocycles. The second-order valence-corrected chi connectivity index (χ2v) is 8.27. The van der Waals surface area contributed by atoms with Gasteiger partial charge in [-0.1, -0.05) is 26.0 Å². The summed E-state index contributed by atoms with van der Waals surface area (Å²) in [6.07, 6.45) is 1.05. The van der Waals surface area contributed by atoms with Crippen molar-refractivity contribution in [2.24, 2.45) is 5.92 Å². The summed E-state index contributed by atoms with van der Waals surface area (Å²) in [5.74, 6) is -2.68. The Balaban J connectivity index is 1.75. The van der Waals surface area contributed by atoms with E-state index in [4.69, 9.17) is 0 Å². The monoisotopic (exact) mass is 453 g/mol. The molecular weight excluding hydrogens is 426 g/mol. The van der Waals surface area contributed by atoms with Crippen molar-refractivity contribution in [2.45, 2.75) is 38.8 Å². The highest BCUT2D eigenvalue weighted by Gasteiger charge is 2.39. The number of likely N-dealkylation sites (tertiary alicyclic amines) is 1. The van der Waals surface area contributed by atoms with E-state index < -0.39 is 29.9 Å². The predicted octanol–water partition coefficient (Wildman–Crippen LogP) is 2.47. The molecule has 174 valence electrons. The van der Waals surface area contributed by atoms with E-state index in [1.165, 1.54) is 41.3 Å². The molecule has 2 atom stereocenters. The number of aromatic hydroxyl groups is 1. The molecule has 1 fully saturated rings. The number of nitrogens with zero attached hydrogens (tertiary/aromatic N) is 1. The summed E-state index contributed by atoms with van der Waals surface area (Å²) in [5, 5.41) is 24.1. The molecule has 1 aliphatic rings. The molecule has 2 aromatic rings. The van der Waals surface area contributed by atoms with Gasteiger partial charge in [0.25, 0.3) is 5.91 Å². The smallest absolute Gasteiger partial charge is 0.337 e. The number of carbonyl (C=O) groups is 4. The Bertz CT molecular complexity index is 1050.